The molecule has 6 aromatic rings. The third kappa shape index (κ3) is 4.98. The zero-order valence-corrected chi connectivity index (χ0v) is 22.5. The predicted molar refractivity (Wildman–Crippen MR) is 158 cm³/mol. The van der Waals surface area contributed by atoms with Crippen LogP contribution >= 0.6 is 0 Å². The molecule has 0 aliphatic carbocycles. The number of carbonyl (C=O) groups is 1. The first kappa shape index (κ1) is 24.9. The summed E-state index contributed by atoms with van der Waals surface area (Å²) in [6, 6.07) is 15.4. The number of carbonyl (C=O) groups excluding carboxylic acids is 1. The monoisotopic (exact) mass is 544 g/mol. The molecule has 41 heavy (non-hydrogen) atoms. The maximum absolute atomic E-state index is 12.6. The Morgan fingerprint density at radius 1 is 0.976 bits per heavy atom. The van der Waals surface area contributed by atoms with Crippen LogP contribution in [0.15, 0.2) is 73.3 Å². The fourth-order valence-corrected chi connectivity index (χ4v) is 5.17. The van der Waals surface area contributed by atoms with Crippen molar-refractivity contribution in [2.45, 2.75) is 6.42 Å². The van der Waals surface area contributed by atoms with Gasteiger partial charge < -0.3 is 20.1 Å². The van der Waals surface area contributed by atoms with Gasteiger partial charge in [-0.15, -0.1) is 0 Å². The topological polar surface area (TPSA) is 132 Å². The molecular formula is C30H28N10O. The quantitative estimate of drug-likeness (QED) is 0.288. The van der Waals surface area contributed by atoms with Crippen molar-refractivity contribution in [3.63, 3.8) is 0 Å². The molecule has 0 unspecified atom stereocenters. The molecule has 7 rings (SSSR count). The van der Waals surface area contributed by atoms with Gasteiger partial charge in [0.1, 0.15) is 11.2 Å². The Hall–Kier alpha value is -5.16. The van der Waals surface area contributed by atoms with Crippen LogP contribution in [0.4, 0.5) is 11.5 Å². The molecule has 1 saturated heterocycles. The van der Waals surface area contributed by atoms with Crippen LogP contribution in [0.1, 0.15) is 5.56 Å². The van der Waals surface area contributed by atoms with Gasteiger partial charge in [-0.1, -0.05) is 30.3 Å². The minimum absolute atomic E-state index is 0.106. The van der Waals surface area contributed by atoms with Crippen molar-refractivity contribution in [3.8, 4) is 22.8 Å². The molecule has 6 heterocycles. The van der Waals surface area contributed by atoms with E-state index >= 15 is 0 Å². The van der Waals surface area contributed by atoms with Crippen molar-refractivity contribution in [2.24, 2.45) is 0 Å². The Kier molecular flexibility index (Phi) is 6.32. The largest absolute Gasteiger partial charge is 0.352 e. The number of aromatic nitrogens is 7. The Labute approximate surface area is 235 Å². The zero-order chi connectivity index (χ0) is 27.8. The number of piperazine rings is 1. The van der Waals surface area contributed by atoms with Crippen LogP contribution in [-0.2, 0) is 11.2 Å². The van der Waals surface area contributed by atoms with Gasteiger partial charge in [-0.2, -0.15) is 5.10 Å². The predicted octanol–water partition coefficient (Wildman–Crippen LogP) is 3.89. The molecule has 0 atom stereocenters. The molecule has 1 amide bonds. The molecule has 1 aromatic carbocycles. The van der Waals surface area contributed by atoms with Gasteiger partial charge in [-0.25, -0.2) is 9.97 Å². The van der Waals surface area contributed by atoms with E-state index in [1.54, 1.807) is 18.6 Å². The van der Waals surface area contributed by atoms with Crippen LogP contribution in [0.2, 0.25) is 0 Å². The van der Waals surface area contributed by atoms with E-state index in [2.05, 4.69) is 52.3 Å². The summed E-state index contributed by atoms with van der Waals surface area (Å²) in [6.07, 6.45) is 7.23. The zero-order valence-electron chi connectivity index (χ0n) is 22.5. The van der Waals surface area contributed by atoms with Crippen LogP contribution in [0.5, 0.6) is 0 Å². The molecule has 1 aliphatic rings. The summed E-state index contributed by atoms with van der Waals surface area (Å²) in [5, 5.41) is 11.5. The second-order valence-electron chi connectivity index (χ2n) is 10.3. The Balaban J connectivity index is 1.18. The molecule has 1 aliphatic heterocycles. The number of fused-ring (bicyclic) bond motifs is 2. The minimum Gasteiger partial charge on any atom is -0.352 e. The van der Waals surface area contributed by atoms with E-state index in [0.717, 1.165) is 65.1 Å². The summed E-state index contributed by atoms with van der Waals surface area (Å²) in [4.78, 5) is 39.2. The number of aromatic amines is 2. The fourth-order valence-electron chi connectivity index (χ4n) is 5.17. The summed E-state index contributed by atoms with van der Waals surface area (Å²) >= 11 is 0. The lowest BCUT2D eigenvalue weighted by Gasteiger charge is -2.33. The highest BCUT2D eigenvalue weighted by atomic mass is 16.1. The van der Waals surface area contributed by atoms with E-state index in [1.807, 2.05) is 54.7 Å². The molecule has 5 aromatic heterocycles. The lowest BCUT2D eigenvalue weighted by Crippen LogP contribution is -2.44. The highest BCUT2D eigenvalue weighted by molar-refractivity contribution is 5.96. The van der Waals surface area contributed by atoms with E-state index in [1.165, 1.54) is 0 Å². The molecule has 3 N–H and O–H groups in total. The van der Waals surface area contributed by atoms with Gasteiger partial charge in [-0.05, 0) is 30.8 Å². The molecule has 11 heteroatoms. The van der Waals surface area contributed by atoms with Crippen molar-refractivity contribution in [1.82, 2.24) is 40.0 Å². The van der Waals surface area contributed by atoms with Gasteiger partial charge in [0.2, 0.25) is 5.91 Å². The normalized spacial score (nSPS) is 14.1. The molecule has 0 radical (unpaired) electrons. The number of hydrogen-bond donors (Lipinski definition) is 3. The number of benzene rings is 1. The van der Waals surface area contributed by atoms with E-state index in [-0.39, 0.29) is 12.3 Å². The summed E-state index contributed by atoms with van der Waals surface area (Å²) in [7, 11) is 2.14. The van der Waals surface area contributed by atoms with Crippen molar-refractivity contribution in [2.75, 3.05) is 43.4 Å². The number of nitrogens with one attached hydrogen (secondary N) is 3. The molecule has 204 valence electrons. The van der Waals surface area contributed by atoms with E-state index in [9.17, 15) is 4.79 Å². The van der Waals surface area contributed by atoms with Crippen molar-refractivity contribution in [1.29, 1.82) is 0 Å². The first-order chi connectivity index (χ1) is 20.1. The summed E-state index contributed by atoms with van der Waals surface area (Å²) in [5.74, 6) is 1.44. The summed E-state index contributed by atoms with van der Waals surface area (Å²) in [5.41, 5.74) is 6.29. The average Bonchev–Trinajstić information content (AvgIpc) is 3.62. The Morgan fingerprint density at radius 2 is 1.83 bits per heavy atom. The maximum Gasteiger partial charge on any atom is 0.228 e. The highest BCUT2D eigenvalue weighted by Crippen LogP contribution is 2.31. The van der Waals surface area contributed by atoms with Gasteiger partial charge in [0.25, 0.3) is 0 Å². The van der Waals surface area contributed by atoms with Crippen molar-refractivity contribution >= 4 is 39.3 Å². The third-order valence-electron chi connectivity index (χ3n) is 7.38. The van der Waals surface area contributed by atoms with Crippen LogP contribution in [0.25, 0.3) is 44.7 Å². The summed E-state index contributed by atoms with van der Waals surface area (Å²) < 4.78 is 0. The number of pyridine rings is 3. The number of anilines is 2. The minimum atomic E-state index is -0.106. The third-order valence-corrected chi connectivity index (χ3v) is 7.38. The molecule has 0 spiro atoms. The smallest absolute Gasteiger partial charge is 0.228 e. The number of H-pyrrole nitrogens is 2. The lowest BCUT2D eigenvalue weighted by atomic mass is 10.1. The van der Waals surface area contributed by atoms with Crippen LogP contribution < -0.4 is 10.2 Å². The number of imidazole rings is 1. The van der Waals surface area contributed by atoms with Crippen molar-refractivity contribution < 1.29 is 4.79 Å². The van der Waals surface area contributed by atoms with Crippen LogP contribution in [0, 0.1) is 0 Å². The Bertz CT molecular complexity index is 1850. The number of amides is 1. The van der Waals surface area contributed by atoms with Gasteiger partial charge >= 0.3 is 0 Å². The van der Waals surface area contributed by atoms with E-state index in [4.69, 9.17) is 4.98 Å². The second-order valence-corrected chi connectivity index (χ2v) is 10.3. The fraction of sp³-hybridized carbons (Fsp3) is 0.200. The standard InChI is InChI=1S/C30H28N10O/c1-39-9-11-40(12-10-39)30-28-23(7-8-32-30)35-29(36-28)27-22-15-24(33-18-25(22)37-38-27)20-14-21(17-31-16-20)34-26(41)13-19-5-3-2-4-6-19/h2-8,14-18H,9-13H2,1H3,(H,34,41)(H,35,36)(H,37,38). The second kappa shape index (κ2) is 10.4. The van der Waals surface area contributed by atoms with E-state index in [0.29, 0.717) is 22.9 Å². The lowest BCUT2D eigenvalue weighted by molar-refractivity contribution is -0.115. The first-order valence-electron chi connectivity index (χ1n) is 13.5. The molecule has 0 saturated carbocycles. The maximum atomic E-state index is 12.6. The van der Waals surface area contributed by atoms with Crippen molar-refractivity contribution in [3.05, 3.63) is 78.9 Å². The first-order valence-corrected chi connectivity index (χ1v) is 13.5. The molecule has 0 bridgehead atoms. The highest BCUT2D eigenvalue weighted by Gasteiger charge is 2.21. The summed E-state index contributed by atoms with van der Waals surface area (Å²) in [6.45, 7) is 3.79. The number of nitrogens with zero attached hydrogens (tertiary/aromatic N) is 7. The molecular weight excluding hydrogens is 516 g/mol. The van der Waals surface area contributed by atoms with Gasteiger partial charge in [0.15, 0.2) is 11.6 Å². The average molecular weight is 545 g/mol. The van der Waals surface area contributed by atoms with Gasteiger partial charge in [0, 0.05) is 49.5 Å². The van der Waals surface area contributed by atoms with Gasteiger partial charge in [0.05, 0.1) is 41.2 Å². The Morgan fingerprint density at radius 3 is 2.68 bits per heavy atom. The molecule has 11 nitrogen and oxygen atoms in total. The van der Waals surface area contributed by atoms with Crippen LogP contribution in [-0.4, -0.2) is 79.2 Å². The van der Waals surface area contributed by atoms with E-state index < -0.39 is 0 Å². The SMILES string of the molecule is CN1CCN(c2nccc3[nH]c(-c4n[nH]c5cnc(-c6cncc(NC(=O)Cc7ccccc7)c6)cc45)nc23)CC1. The molecule has 1 fully saturated rings. The number of likely N-dealkylation sites (N-methyl/N-ethyl adjacent to an activating group) is 1. The van der Waals surface area contributed by atoms with Gasteiger partial charge in [-0.3, -0.25) is 19.9 Å². The number of rotatable bonds is 6. The van der Waals surface area contributed by atoms with Crippen LogP contribution in [0.3, 0.4) is 0 Å². The number of hydrogen-bond acceptors (Lipinski definition) is 8.